The second-order valence-electron chi connectivity index (χ2n) is 6.47. The standard InChI is InChI=1S/C21H21N3O5S/c1-3-24-16-7-5-13(20(26)27-4-2)9-15(16)23-21(24)30-11-19(25)22-14-6-8-17-18(10-14)29-12-28-17/h5-10H,3-4,11-12H2,1-2H3,(H,22,25). The van der Waals surface area contributed by atoms with Gasteiger partial charge in [-0.3, -0.25) is 4.79 Å². The largest absolute Gasteiger partial charge is 0.462 e. The number of hydrogen-bond acceptors (Lipinski definition) is 7. The summed E-state index contributed by atoms with van der Waals surface area (Å²) in [5.74, 6) is 0.957. The smallest absolute Gasteiger partial charge is 0.338 e. The molecule has 8 nitrogen and oxygen atoms in total. The van der Waals surface area contributed by atoms with Crippen molar-refractivity contribution in [3.05, 3.63) is 42.0 Å². The van der Waals surface area contributed by atoms with Crippen LogP contribution in [0.1, 0.15) is 24.2 Å². The van der Waals surface area contributed by atoms with Crippen molar-refractivity contribution in [1.82, 2.24) is 9.55 Å². The van der Waals surface area contributed by atoms with Gasteiger partial charge in [0.2, 0.25) is 12.7 Å². The van der Waals surface area contributed by atoms with E-state index in [9.17, 15) is 9.59 Å². The zero-order valence-corrected chi connectivity index (χ0v) is 17.5. The van der Waals surface area contributed by atoms with E-state index in [4.69, 9.17) is 14.2 Å². The number of amides is 1. The molecule has 2 aromatic carbocycles. The molecule has 3 aromatic rings. The minimum absolute atomic E-state index is 0.152. The Morgan fingerprint density at radius 1 is 1.17 bits per heavy atom. The Morgan fingerprint density at radius 2 is 2.00 bits per heavy atom. The molecule has 2 heterocycles. The Morgan fingerprint density at radius 3 is 2.80 bits per heavy atom. The predicted molar refractivity (Wildman–Crippen MR) is 113 cm³/mol. The second kappa shape index (κ2) is 8.66. The van der Waals surface area contributed by atoms with Crippen LogP contribution in [0.4, 0.5) is 5.69 Å². The molecule has 1 aliphatic heterocycles. The molecule has 0 radical (unpaired) electrons. The maximum absolute atomic E-state index is 12.4. The molecule has 0 saturated heterocycles. The van der Waals surface area contributed by atoms with E-state index in [2.05, 4.69) is 10.3 Å². The topological polar surface area (TPSA) is 91.7 Å². The number of anilines is 1. The van der Waals surface area contributed by atoms with E-state index >= 15 is 0 Å². The third kappa shape index (κ3) is 4.06. The number of aromatic nitrogens is 2. The number of esters is 1. The van der Waals surface area contributed by atoms with Crippen molar-refractivity contribution in [3.8, 4) is 11.5 Å². The van der Waals surface area contributed by atoms with E-state index in [0.717, 1.165) is 5.52 Å². The summed E-state index contributed by atoms with van der Waals surface area (Å²) >= 11 is 1.34. The van der Waals surface area contributed by atoms with Crippen LogP contribution in [-0.4, -0.2) is 40.6 Å². The van der Waals surface area contributed by atoms with E-state index in [-0.39, 0.29) is 24.4 Å². The van der Waals surface area contributed by atoms with Gasteiger partial charge in [-0.15, -0.1) is 0 Å². The number of thioether (sulfide) groups is 1. The number of benzene rings is 2. The van der Waals surface area contributed by atoms with Gasteiger partial charge in [0.15, 0.2) is 16.7 Å². The van der Waals surface area contributed by atoms with E-state index in [1.165, 1.54) is 11.8 Å². The maximum atomic E-state index is 12.4. The lowest BCUT2D eigenvalue weighted by atomic mass is 10.2. The van der Waals surface area contributed by atoms with Crippen LogP contribution >= 0.6 is 11.8 Å². The number of ether oxygens (including phenoxy) is 3. The summed E-state index contributed by atoms with van der Waals surface area (Å²) in [7, 11) is 0. The lowest BCUT2D eigenvalue weighted by molar-refractivity contribution is -0.113. The van der Waals surface area contributed by atoms with Gasteiger partial charge in [-0.2, -0.15) is 0 Å². The van der Waals surface area contributed by atoms with Crippen molar-refractivity contribution in [1.29, 1.82) is 0 Å². The Balaban J connectivity index is 1.46. The SMILES string of the molecule is CCOC(=O)c1ccc2c(c1)nc(SCC(=O)Nc1ccc3c(c1)OCO3)n2CC. The highest BCUT2D eigenvalue weighted by atomic mass is 32.2. The fourth-order valence-corrected chi connectivity index (χ4v) is 4.04. The van der Waals surface area contributed by atoms with Gasteiger partial charge in [0.05, 0.1) is 29.0 Å². The molecule has 0 bridgehead atoms. The first-order chi connectivity index (χ1) is 14.6. The van der Waals surface area contributed by atoms with Gasteiger partial charge < -0.3 is 24.1 Å². The average Bonchev–Trinajstić information content (AvgIpc) is 3.35. The highest BCUT2D eigenvalue weighted by Crippen LogP contribution is 2.34. The number of carbonyl (C=O) groups is 2. The molecule has 0 aliphatic carbocycles. The van der Waals surface area contributed by atoms with Gasteiger partial charge in [-0.1, -0.05) is 11.8 Å². The van der Waals surface area contributed by atoms with Gasteiger partial charge in [-0.05, 0) is 44.2 Å². The number of nitrogens with one attached hydrogen (secondary N) is 1. The van der Waals surface area contributed by atoms with Gasteiger partial charge in [-0.25, -0.2) is 9.78 Å². The molecule has 156 valence electrons. The quantitative estimate of drug-likeness (QED) is 0.454. The van der Waals surface area contributed by atoms with E-state index in [1.807, 2.05) is 17.6 Å². The van der Waals surface area contributed by atoms with E-state index < -0.39 is 0 Å². The Hall–Kier alpha value is -3.20. The van der Waals surface area contributed by atoms with Crippen molar-refractivity contribution in [2.75, 3.05) is 24.5 Å². The second-order valence-corrected chi connectivity index (χ2v) is 7.41. The molecule has 0 spiro atoms. The number of aryl methyl sites for hydroxylation is 1. The highest BCUT2D eigenvalue weighted by molar-refractivity contribution is 7.99. The van der Waals surface area contributed by atoms with Crippen LogP contribution in [0, 0.1) is 0 Å². The van der Waals surface area contributed by atoms with Crippen molar-refractivity contribution >= 4 is 40.4 Å². The van der Waals surface area contributed by atoms with Gasteiger partial charge in [0.25, 0.3) is 0 Å². The monoisotopic (exact) mass is 427 g/mol. The molecular formula is C21H21N3O5S. The van der Waals surface area contributed by atoms with Gasteiger partial charge >= 0.3 is 5.97 Å². The molecule has 1 aliphatic rings. The lowest BCUT2D eigenvalue weighted by Gasteiger charge is -2.07. The molecule has 1 amide bonds. The van der Waals surface area contributed by atoms with Crippen LogP contribution in [-0.2, 0) is 16.1 Å². The molecule has 4 rings (SSSR count). The molecule has 0 fully saturated rings. The first-order valence-electron chi connectivity index (χ1n) is 9.58. The number of rotatable bonds is 7. The normalized spacial score (nSPS) is 12.2. The average molecular weight is 427 g/mol. The zero-order chi connectivity index (χ0) is 21.1. The third-order valence-electron chi connectivity index (χ3n) is 4.53. The number of nitrogens with zero attached hydrogens (tertiary/aromatic N) is 2. The summed E-state index contributed by atoms with van der Waals surface area (Å²) in [5.41, 5.74) is 2.71. The lowest BCUT2D eigenvalue weighted by Crippen LogP contribution is -2.14. The van der Waals surface area contributed by atoms with Crippen molar-refractivity contribution in [2.24, 2.45) is 0 Å². The van der Waals surface area contributed by atoms with Crippen LogP contribution in [0.15, 0.2) is 41.6 Å². The summed E-state index contributed by atoms with van der Waals surface area (Å²) in [6, 6.07) is 10.6. The van der Waals surface area contributed by atoms with Crippen molar-refractivity contribution in [2.45, 2.75) is 25.5 Å². The molecule has 0 atom stereocenters. The number of carbonyl (C=O) groups excluding carboxylic acids is 2. The van der Waals surface area contributed by atoms with Crippen LogP contribution in [0.25, 0.3) is 11.0 Å². The molecule has 0 saturated carbocycles. The van der Waals surface area contributed by atoms with Gasteiger partial charge in [0, 0.05) is 18.3 Å². The Kier molecular flexibility index (Phi) is 5.80. The molecule has 0 unspecified atom stereocenters. The summed E-state index contributed by atoms with van der Waals surface area (Å²) < 4.78 is 17.7. The molecule has 30 heavy (non-hydrogen) atoms. The molecule has 1 N–H and O–H groups in total. The van der Waals surface area contributed by atoms with Crippen LogP contribution in [0.2, 0.25) is 0 Å². The Bertz CT molecular complexity index is 1110. The number of fused-ring (bicyclic) bond motifs is 2. The first-order valence-corrected chi connectivity index (χ1v) is 10.6. The number of hydrogen-bond donors (Lipinski definition) is 1. The van der Waals surface area contributed by atoms with Crippen molar-refractivity contribution in [3.63, 3.8) is 0 Å². The number of imidazole rings is 1. The van der Waals surface area contributed by atoms with E-state index in [0.29, 0.717) is 46.6 Å². The zero-order valence-electron chi connectivity index (χ0n) is 16.6. The summed E-state index contributed by atoms with van der Waals surface area (Å²) in [6.07, 6.45) is 0. The minimum atomic E-state index is -0.372. The first kappa shape index (κ1) is 20.1. The van der Waals surface area contributed by atoms with Crippen LogP contribution in [0.5, 0.6) is 11.5 Å². The molecule has 1 aromatic heterocycles. The fraction of sp³-hybridized carbons (Fsp3) is 0.286. The molecular weight excluding hydrogens is 406 g/mol. The van der Waals surface area contributed by atoms with Crippen LogP contribution in [0.3, 0.4) is 0 Å². The fourth-order valence-electron chi connectivity index (χ4n) is 3.17. The molecule has 9 heteroatoms. The summed E-state index contributed by atoms with van der Waals surface area (Å²) in [5, 5.41) is 3.57. The van der Waals surface area contributed by atoms with Crippen LogP contribution < -0.4 is 14.8 Å². The highest BCUT2D eigenvalue weighted by Gasteiger charge is 2.17. The van der Waals surface area contributed by atoms with E-state index in [1.54, 1.807) is 37.3 Å². The predicted octanol–water partition coefficient (Wildman–Crippen LogP) is 3.69. The Labute approximate surface area is 177 Å². The van der Waals surface area contributed by atoms with Gasteiger partial charge in [0.1, 0.15) is 0 Å². The maximum Gasteiger partial charge on any atom is 0.338 e. The van der Waals surface area contributed by atoms with Crippen molar-refractivity contribution < 1.29 is 23.8 Å². The third-order valence-corrected chi connectivity index (χ3v) is 5.51. The summed E-state index contributed by atoms with van der Waals surface area (Å²) in [6.45, 7) is 4.98. The minimum Gasteiger partial charge on any atom is -0.462 e. The summed E-state index contributed by atoms with van der Waals surface area (Å²) in [4.78, 5) is 29.0.